The van der Waals surface area contributed by atoms with Crippen molar-refractivity contribution in [2.24, 2.45) is 5.41 Å². The van der Waals surface area contributed by atoms with Crippen molar-refractivity contribution >= 4 is 5.69 Å². The minimum Gasteiger partial charge on any atom is -0.497 e. The van der Waals surface area contributed by atoms with E-state index in [0.29, 0.717) is 6.61 Å². The van der Waals surface area contributed by atoms with Gasteiger partial charge in [-0.1, -0.05) is 31.7 Å². The molecule has 1 aromatic carbocycles. The second-order valence-electron chi connectivity index (χ2n) is 6.13. The number of benzene rings is 1. The summed E-state index contributed by atoms with van der Waals surface area (Å²) >= 11 is 0. The molecule has 1 aliphatic carbocycles. The summed E-state index contributed by atoms with van der Waals surface area (Å²) in [5.41, 5.74) is 1.22. The van der Waals surface area contributed by atoms with Gasteiger partial charge in [0, 0.05) is 30.8 Å². The first kappa shape index (κ1) is 15.2. The fraction of sp³-hybridized carbons (Fsp3) is 0.647. The molecule has 0 unspecified atom stereocenters. The van der Waals surface area contributed by atoms with E-state index in [4.69, 9.17) is 4.74 Å². The second-order valence-corrected chi connectivity index (χ2v) is 6.13. The molecule has 112 valence electrons. The first-order valence-corrected chi connectivity index (χ1v) is 7.65. The zero-order chi connectivity index (χ0) is 14.4. The van der Waals surface area contributed by atoms with Gasteiger partial charge in [-0.25, -0.2) is 0 Å². The fourth-order valence-corrected chi connectivity index (χ4v) is 3.29. The van der Waals surface area contributed by atoms with Crippen LogP contribution in [0.25, 0.3) is 0 Å². The Morgan fingerprint density at radius 2 is 1.90 bits per heavy atom. The van der Waals surface area contributed by atoms with Crippen molar-refractivity contribution in [2.75, 3.05) is 32.2 Å². The SMILES string of the molecule is COc1cccc(N(C)CC2(CO)CCCCCC2)c1. The highest BCUT2D eigenvalue weighted by molar-refractivity contribution is 5.50. The molecule has 0 saturated heterocycles. The molecule has 1 saturated carbocycles. The van der Waals surface area contributed by atoms with E-state index in [9.17, 15) is 5.11 Å². The van der Waals surface area contributed by atoms with Gasteiger partial charge in [-0.2, -0.15) is 0 Å². The van der Waals surface area contributed by atoms with Gasteiger partial charge in [-0.15, -0.1) is 0 Å². The summed E-state index contributed by atoms with van der Waals surface area (Å²) in [6.45, 7) is 1.21. The molecular formula is C17H27NO2. The molecule has 1 N–H and O–H groups in total. The number of hydrogen-bond donors (Lipinski definition) is 1. The maximum Gasteiger partial charge on any atom is 0.120 e. The molecular weight excluding hydrogens is 250 g/mol. The third kappa shape index (κ3) is 3.66. The van der Waals surface area contributed by atoms with Gasteiger partial charge in [0.1, 0.15) is 5.75 Å². The van der Waals surface area contributed by atoms with Crippen molar-refractivity contribution in [3.05, 3.63) is 24.3 Å². The third-order valence-electron chi connectivity index (χ3n) is 4.57. The van der Waals surface area contributed by atoms with Crippen molar-refractivity contribution in [2.45, 2.75) is 38.5 Å². The Hall–Kier alpha value is -1.22. The molecule has 0 atom stereocenters. The molecule has 20 heavy (non-hydrogen) atoms. The lowest BCUT2D eigenvalue weighted by Crippen LogP contribution is -2.38. The van der Waals surface area contributed by atoms with Crippen LogP contribution in [0.2, 0.25) is 0 Å². The predicted molar refractivity (Wildman–Crippen MR) is 83.5 cm³/mol. The monoisotopic (exact) mass is 277 g/mol. The molecule has 0 radical (unpaired) electrons. The Labute approximate surface area is 122 Å². The molecule has 0 spiro atoms. The summed E-state index contributed by atoms with van der Waals surface area (Å²) in [6, 6.07) is 8.14. The molecule has 0 amide bonds. The molecule has 3 heteroatoms. The summed E-state index contributed by atoms with van der Waals surface area (Å²) < 4.78 is 5.29. The summed E-state index contributed by atoms with van der Waals surface area (Å²) in [4.78, 5) is 2.25. The highest BCUT2D eigenvalue weighted by Gasteiger charge is 2.31. The van der Waals surface area contributed by atoms with Gasteiger partial charge >= 0.3 is 0 Å². The first-order chi connectivity index (χ1) is 9.69. The van der Waals surface area contributed by atoms with Crippen LogP contribution in [0.5, 0.6) is 5.75 Å². The minimum atomic E-state index is 0.0638. The van der Waals surface area contributed by atoms with Crippen LogP contribution in [0.15, 0.2) is 24.3 Å². The predicted octanol–water partition coefficient (Wildman–Crippen LogP) is 3.46. The van der Waals surface area contributed by atoms with Crippen LogP contribution < -0.4 is 9.64 Å². The van der Waals surface area contributed by atoms with E-state index in [1.807, 2.05) is 12.1 Å². The molecule has 0 aliphatic heterocycles. The Balaban J connectivity index is 2.09. The zero-order valence-electron chi connectivity index (χ0n) is 12.8. The van der Waals surface area contributed by atoms with Gasteiger partial charge in [0.2, 0.25) is 0 Å². The van der Waals surface area contributed by atoms with Crippen molar-refractivity contribution in [1.29, 1.82) is 0 Å². The quantitative estimate of drug-likeness (QED) is 0.837. The van der Waals surface area contributed by atoms with E-state index >= 15 is 0 Å². The maximum absolute atomic E-state index is 9.91. The van der Waals surface area contributed by atoms with Gasteiger partial charge in [-0.05, 0) is 25.0 Å². The van der Waals surface area contributed by atoms with Crippen molar-refractivity contribution < 1.29 is 9.84 Å². The number of anilines is 1. The van der Waals surface area contributed by atoms with E-state index in [-0.39, 0.29) is 5.41 Å². The molecule has 1 aromatic rings. The van der Waals surface area contributed by atoms with Gasteiger partial charge in [-0.3, -0.25) is 0 Å². The number of nitrogens with zero attached hydrogens (tertiary/aromatic N) is 1. The van der Waals surface area contributed by atoms with Gasteiger partial charge < -0.3 is 14.7 Å². The maximum atomic E-state index is 9.91. The zero-order valence-corrected chi connectivity index (χ0v) is 12.8. The largest absolute Gasteiger partial charge is 0.497 e. The highest BCUT2D eigenvalue weighted by Crippen LogP contribution is 2.36. The van der Waals surface area contributed by atoms with Crippen LogP contribution in [0.1, 0.15) is 38.5 Å². The van der Waals surface area contributed by atoms with Crippen LogP contribution in [-0.4, -0.2) is 32.4 Å². The lowest BCUT2D eigenvalue weighted by molar-refractivity contribution is 0.113. The summed E-state index contributed by atoms with van der Waals surface area (Å²) in [5, 5.41) is 9.91. The van der Waals surface area contributed by atoms with Crippen LogP contribution in [0, 0.1) is 5.41 Å². The molecule has 1 fully saturated rings. The van der Waals surface area contributed by atoms with Crippen molar-refractivity contribution in [3.8, 4) is 5.75 Å². The lowest BCUT2D eigenvalue weighted by atomic mass is 9.80. The van der Waals surface area contributed by atoms with E-state index in [1.54, 1.807) is 7.11 Å². The fourth-order valence-electron chi connectivity index (χ4n) is 3.29. The standard InChI is InChI=1S/C17H27NO2/c1-18(15-8-7-9-16(12-15)20-2)13-17(14-19)10-5-3-4-6-11-17/h7-9,12,19H,3-6,10-11,13-14H2,1-2H3. The van der Waals surface area contributed by atoms with Crippen LogP contribution >= 0.6 is 0 Å². The first-order valence-electron chi connectivity index (χ1n) is 7.65. The average molecular weight is 277 g/mol. The molecule has 0 bridgehead atoms. The van der Waals surface area contributed by atoms with Gasteiger partial charge in [0.25, 0.3) is 0 Å². The van der Waals surface area contributed by atoms with Gasteiger partial charge in [0.15, 0.2) is 0 Å². The molecule has 3 nitrogen and oxygen atoms in total. The van der Waals surface area contributed by atoms with Crippen molar-refractivity contribution in [3.63, 3.8) is 0 Å². The van der Waals surface area contributed by atoms with E-state index in [0.717, 1.165) is 30.8 Å². The van der Waals surface area contributed by atoms with Gasteiger partial charge in [0.05, 0.1) is 13.7 Å². The molecule has 0 heterocycles. The number of methoxy groups -OCH3 is 1. The van der Waals surface area contributed by atoms with Crippen LogP contribution in [0.4, 0.5) is 5.69 Å². The highest BCUT2D eigenvalue weighted by atomic mass is 16.5. The number of ether oxygens (including phenoxy) is 1. The molecule has 0 aromatic heterocycles. The Morgan fingerprint density at radius 3 is 2.50 bits per heavy atom. The number of aliphatic hydroxyl groups excluding tert-OH is 1. The number of hydrogen-bond acceptors (Lipinski definition) is 3. The second kappa shape index (κ2) is 6.98. The third-order valence-corrected chi connectivity index (χ3v) is 4.57. The summed E-state index contributed by atoms with van der Waals surface area (Å²) in [5.74, 6) is 0.883. The van der Waals surface area contributed by atoms with Crippen LogP contribution in [-0.2, 0) is 0 Å². The lowest BCUT2D eigenvalue weighted by Gasteiger charge is -2.36. The number of rotatable bonds is 5. The smallest absolute Gasteiger partial charge is 0.120 e. The minimum absolute atomic E-state index is 0.0638. The summed E-state index contributed by atoms with van der Waals surface area (Å²) in [6.07, 6.45) is 7.38. The summed E-state index contributed by atoms with van der Waals surface area (Å²) in [7, 11) is 3.80. The van der Waals surface area contributed by atoms with Crippen LogP contribution in [0.3, 0.4) is 0 Å². The molecule has 1 aliphatic rings. The molecule has 2 rings (SSSR count). The van der Waals surface area contributed by atoms with E-state index in [2.05, 4.69) is 24.1 Å². The topological polar surface area (TPSA) is 32.7 Å². The van der Waals surface area contributed by atoms with E-state index < -0.39 is 0 Å². The number of aliphatic hydroxyl groups is 1. The van der Waals surface area contributed by atoms with E-state index in [1.165, 1.54) is 25.7 Å². The average Bonchev–Trinajstić information content (AvgIpc) is 2.73. The van der Waals surface area contributed by atoms with Crippen molar-refractivity contribution in [1.82, 2.24) is 0 Å². The Morgan fingerprint density at radius 1 is 1.20 bits per heavy atom. The Kier molecular flexibility index (Phi) is 5.30. The Bertz CT molecular complexity index is 411. The normalized spacial score (nSPS) is 18.4.